The molecule has 0 atom stereocenters. The third kappa shape index (κ3) is 6.02. The average molecular weight is 706 g/mol. The van der Waals surface area contributed by atoms with Crippen molar-refractivity contribution in [3.8, 4) is 79.2 Å². The monoisotopic (exact) mass is 705 g/mol. The van der Waals surface area contributed by atoms with Crippen molar-refractivity contribution in [2.75, 3.05) is 0 Å². The van der Waals surface area contributed by atoms with Gasteiger partial charge < -0.3 is 4.42 Å². The van der Waals surface area contributed by atoms with Crippen molar-refractivity contribution < 1.29 is 4.42 Å². The summed E-state index contributed by atoms with van der Waals surface area (Å²) < 4.78 is 6.23. The average Bonchev–Trinajstić information content (AvgIpc) is 3.66. The molecule has 0 bridgehead atoms. The Labute approximate surface area is 317 Å². The summed E-state index contributed by atoms with van der Waals surface area (Å²) in [5.74, 6) is 1.74. The largest absolute Gasteiger partial charge is 0.456 e. The standard InChI is InChI=1S/C49H31N5O/c1-5-16-32(17-6-1)43-44(33-18-7-2-8-19-33)51-46(45(50-43)34-20-9-3-10-21-34)35-28-30-37(31-29-35)48-52-47(36-22-11-4-12-23-36)53-49(54-48)39-25-15-27-41-42(39)38-24-13-14-26-40(38)55-41/h1-31H. The number of rotatable bonds is 7. The van der Waals surface area contributed by atoms with Crippen molar-refractivity contribution in [2.45, 2.75) is 0 Å². The second kappa shape index (κ2) is 13.8. The van der Waals surface area contributed by atoms with Crippen LogP contribution >= 0.6 is 0 Å². The predicted molar refractivity (Wildman–Crippen MR) is 221 cm³/mol. The van der Waals surface area contributed by atoms with Crippen molar-refractivity contribution in [3.63, 3.8) is 0 Å². The van der Waals surface area contributed by atoms with Crippen molar-refractivity contribution >= 4 is 21.9 Å². The first kappa shape index (κ1) is 32.1. The maximum Gasteiger partial charge on any atom is 0.164 e. The quantitative estimate of drug-likeness (QED) is 0.164. The van der Waals surface area contributed by atoms with Gasteiger partial charge in [0.1, 0.15) is 11.2 Å². The minimum Gasteiger partial charge on any atom is -0.456 e. The lowest BCUT2D eigenvalue weighted by molar-refractivity contribution is 0.669. The Hall–Kier alpha value is -7.57. The Balaban J connectivity index is 1.14. The van der Waals surface area contributed by atoms with Crippen LogP contribution in [0.1, 0.15) is 0 Å². The van der Waals surface area contributed by atoms with E-state index in [1.54, 1.807) is 0 Å². The number of nitrogens with zero attached hydrogens (tertiary/aromatic N) is 5. The van der Waals surface area contributed by atoms with Gasteiger partial charge in [0.2, 0.25) is 0 Å². The molecule has 0 aliphatic rings. The molecule has 0 N–H and O–H groups in total. The van der Waals surface area contributed by atoms with Gasteiger partial charge in [-0.05, 0) is 12.1 Å². The van der Waals surface area contributed by atoms with E-state index >= 15 is 0 Å². The topological polar surface area (TPSA) is 77.6 Å². The van der Waals surface area contributed by atoms with E-state index in [2.05, 4.69) is 72.8 Å². The normalized spacial score (nSPS) is 11.3. The molecule has 10 aromatic rings. The number of para-hydroxylation sites is 1. The van der Waals surface area contributed by atoms with Gasteiger partial charge in [0.05, 0.1) is 22.8 Å². The highest BCUT2D eigenvalue weighted by Crippen LogP contribution is 2.39. The Morgan fingerprint density at radius 3 is 1.18 bits per heavy atom. The fraction of sp³-hybridized carbons (Fsp3) is 0. The molecule has 10 rings (SSSR count). The van der Waals surface area contributed by atoms with Crippen molar-refractivity contribution in [1.29, 1.82) is 0 Å². The summed E-state index contributed by atoms with van der Waals surface area (Å²) in [5.41, 5.74) is 11.4. The van der Waals surface area contributed by atoms with Crippen LogP contribution in [0, 0.1) is 0 Å². The molecule has 6 heteroatoms. The van der Waals surface area contributed by atoms with Crippen molar-refractivity contribution in [2.24, 2.45) is 0 Å². The number of hydrogen-bond acceptors (Lipinski definition) is 6. The minimum atomic E-state index is 0.568. The molecule has 0 saturated carbocycles. The molecule has 0 fully saturated rings. The molecule has 7 aromatic carbocycles. The van der Waals surface area contributed by atoms with E-state index in [4.69, 9.17) is 29.3 Å². The number of aromatic nitrogens is 5. The highest BCUT2D eigenvalue weighted by atomic mass is 16.3. The van der Waals surface area contributed by atoms with Gasteiger partial charge in [-0.15, -0.1) is 0 Å². The second-order valence-corrected chi connectivity index (χ2v) is 13.2. The maximum atomic E-state index is 6.23. The zero-order valence-electron chi connectivity index (χ0n) is 29.5. The molecular formula is C49H31N5O. The van der Waals surface area contributed by atoms with E-state index in [0.29, 0.717) is 17.5 Å². The molecule has 0 unspecified atom stereocenters. The van der Waals surface area contributed by atoms with Gasteiger partial charge in [-0.25, -0.2) is 24.9 Å². The number of hydrogen-bond donors (Lipinski definition) is 0. The van der Waals surface area contributed by atoms with E-state index in [9.17, 15) is 0 Å². The molecule has 3 aromatic heterocycles. The van der Waals surface area contributed by atoms with Gasteiger partial charge in [0.15, 0.2) is 17.5 Å². The fourth-order valence-electron chi connectivity index (χ4n) is 7.11. The van der Waals surface area contributed by atoms with Crippen LogP contribution in [0.2, 0.25) is 0 Å². The Morgan fingerprint density at radius 1 is 0.273 bits per heavy atom. The van der Waals surface area contributed by atoms with Crippen molar-refractivity contribution in [1.82, 2.24) is 24.9 Å². The third-order valence-corrected chi connectivity index (χ3v) is 9.76. The summed E-state index contributed by atoms with van der Waals surface area (Å²) in [6, 6.07) is 63.2. The molecule has 55 heavy (non-hydrogen) atoms. The minimum absolute atomic E-state index is 0.568. The highest BCUT2D eigenvalue weighted by molar-refractivity contribution is 6.11. The Morgan fingerprint density at radius 2 is 0.655 bits per heavy atom. The molecule has 0 aliphatic carbocycles. The van der Waals surface area contributed by atoms with Gasteiger partial charge in [-0.1, -0.05) is 176 Å². The van der Waals surface area contributed by atoms with E-state index in [-0.39, 0.29) is 0 Å². The third-order valence-electron chi connectivity index (χ3n) is 9.76. The summed E-state index contributed by atoms with van der Waals surface area (Å²) >= 11 is 0. The van der Waals surface area contributed by atoms with Crippen LogP contribution in [0.3, 0.4) is 0 Å². The number of benzene rings is 7. The summed E-state index contributed by atoms with van der Waals surface area (Å²) in [6.45, 7) is 0. The molecule has 258 valence electrons. The van der Waals surface area contributed by atoms with E-state index < -0.39 is 0 Å². The number of fused-ring (bicyclic) bond motifs is 3. The summed E-state index contributed by atoms with van der Waals surface area (Å²) in [7, 11) is 0. The number of furan rings is 1. The maximum absolute atomic E-state index is 6.23. The fourth-order valence-corrected chi connectivity index (χ4v) is 7.11. The van der Waals surface area contributed by atoms with Crippen LogP contribution in [-0.2, 0) is 0 Å². The lowest BCUT2D eigenvalue weighted by Gasteiger charge is -2.16. The van der Waals surface area contributed by atoms with Crippen LogP contribution < -0.4 is 0 Å². The summed E-state index contributed by atoms with van der Waals surface area (Å²) in [4.78, 5) is 26.0. The predicted octanol–water partition coefficient (Wildman–Crippen LogP) is 12.2. The molecule has 0 saturated heterocycles. The van der Waals surface area contributed by atoms with Gasteiger partial charge >= 0.3 is 0 Å². The van der Waals surface area contributed by atoms with Crippen LogP contribution in [0.5, 0.6) is 0 Å². The lowest BCUT2D eigenvalue weighted by Crippen LogP contribution is -2.01. The first-order valence-corrected chi connectivity index (χ1v) is 18.2. The van der Waals surface area contributed by atoms with Crippen LogP contribution in [-0.4, -0.2) is 24.9 Å². The SMILES string of the molecule is c1ccc(-c2nc(-c3ccc(-c4nc(-c5ccccc5)c(-c5ccccc5)nc4-c4ccccc4)cc3)nc(-c3cccc4oc5ccccc5c34)n2)cc1. The Kier molecular flexibility index (Phi) is 8.04. The summed E-state index contributed by atoms with van der Waals surface area (Å²) in [6.07, 6.45) is 0. The van der Waals surface area contributed by atoms with Crippen LogP contribution in [0.15, 0.2) is 192 Å². The molecule has 0 radical (unpaired) electrons. The van der Waals surface area contributed by atoms with Gasteiger partial charge in [0, 0.05) is 49.7 Å². The van der Waals surface area contributed by atoms with E-state index in [1.165, 1.54) is 0 Å². The zero-order chi connectivity index (χ0) is 36.6. The summed E-state index contributed by atoms with van der Waals surface area (Å²) in [5, 5.41) is 1.99. The van der Waals surface area contributed by atoms with Crippen LogP contribution in [0.4, 0.5) is 0 Å². The van der Waals surface area contributed by atoms with Gasteiger partial charge in [-0.3, -0.25) is 0 Å². The van der Waals surface area contributed by atoms with Gasteiger partial charge in [0.25, 0.3) is 0 Å². The Bertz CT molecular complexity index is 2950. The van der Waals surface area contributed by atoms with E-state index in [0.717, 1.165) is 83.7 Å². The van der Waals surface area contributed by atoms with Crippen molar-refractivity contribution in [3.05, 3.63) is 188 Å². The second-order valence-electron chi connectivity index (χ2n) is 13.2. The first-order chi connectivity index (χ1) is 27.3. The molecule has 3 heterocycles. The molecule has 6 nitrogen and oxygen atoms in total. The molecule has 0 spiro atoms. The molecular weight excluding hydrogens is 675 g/mol. The van der Waals surface area contributed by atoms with Gasteiger partial charge in [-0.2, -0.15) is 0 Å². The van der Waals surface area contributed by atoms with E-state index in [1.807, 2.05) is 115 Å². The van der Waals surface area contributed by atoms with Crippen LogP contribution in [0.25, 0.3) is 101 Å². The first-order valence-electron chi connectivity index (χ1n) is 18.2. The lowest BCUT2D eigenvalue weighted by atomic mass is 9.99. The molecule has 0 aliphatic heterocycles. The smallest absolute Gasteiger partial charge is 0.164 e. The highest BCUT2D eigenvalue weighted by Gasteiger charge is 2.21. The zero-order valence-corrected chi connectivity index (χ0v) is 29.5. The molecule has 0 amide bonds.